The van der Waals surface area contributed by atoms with Crippen molar-refractivity contribution in [3.8, 4) is 0 Å². The fraction of sp³-hybridized carbons (Fsp3) is 0.538. The fourth-order valence-electron chi connectivity index (χ4n) is 2.14. The maximum absolute atomic E-state index is 3.68. The van der Waals surface area contributed by atoms with Crippen LogP contribution in [0, 0.1) is 0 Å². The molecule has 15 heavy (non-hydrogen) atoms. The van der Waals surface area contributed by atoms with Gasteiger partial charge in [-0.05, 0) is 30.7 Å². The third kappa shape index (κ3) is 2.76. The van der Waals surface area contributed by atoms with Crippen molar-refractivity contribution in [1.82, 2.24) is 5.32 Å². The van der Waals surface area contributed by atoms with Crippen molar-refractivity contribution in [3.05, 3.63) is 35.9 Å². The molecule has 1 aromatic carbocycles. The molecule has 1 nitrogen and oxygen atoms in total. The number of hydrogen-bond acceptors (Lipinski definition) is 2. The Kier molecular flexibility index (Phi) is 4.09. The molecule has 1 fully saturated rings. The molecule has 2 unspecified atom stereocenters. The highest BCUT2D eigenvalue weighted by Crippen LogP contribution is 2.31. The monoisotopic (exact) mass is 221 g/mol. The lowest BCUT2D eigenvalue weighted by atomic mass is 10.0. The quantitative estimate of drug-likeness (QED) is 0.823. The molecule has 1 aliphatic rings. The minimum Gasteiger partial charge on any atom is -0.309 e. The van der Waals surface area contributed by atoms with Crippen LogP contribution in [0.4, 0.5) is 0 Å². The second-order valence-corrected chi connectivity index (χ2v) is 5.36. The van der Waals surface area contributed by atoms with Crippen molar-refractivity contribution >= 4 is 11.8 Å². The van der Waals surface area contributed by atoms with Gasteiger partial charge in [0.1, 0.15) is 0 Å². The van der Waals surface area contributed by atoms with E-state index in [4.69, 9.17) is 0 Å². The van der Waals surface area contributed by atoms with E-state index in [9.17, 15) is 0 Å². The number of nitrogens with one attached hydrogen (secondary N) is 1. The topological polar surface area (TPSA) is 12.0 Å². The molecule has 1 N–H and O–H groups in total. The van der Waals surface area contributed by atoms with E-state index in [1.54, 1.807) is 0 Å². The highest BCUT2D eigenvalue weighted by atomic mass is 32.2. The van der Waals surface area contributed by atoms with E-state index in [1.165, 1.54) is 24.2 Å². The van der Waals surface area contributed by atoms with Crippen molar-refractivity contribution in [3.63, 3.8) is 0 Å². The third-order valence-electron chi connectivity index (χ3n) is 2.95. The van der Waals surface area contributed by atoms with Crippen LogP contribution in [0.5, 0.6) is 0 Å². The summed E-state index contributed by atoms with van der Waals surface area (Å²) in [4.78, 5) is 0. The minimum atomic E-state index is 0.545. The molecule has 0 aliphatic carbocycles. The average Bonchev–Trinajstić information content (AvgIpc) is 2.55. The largest absolute Gasteiger partial charge is 0.309 e. The van der Waals surface area contributed by atoms with E-state index in [1.807, 2.05) is 0 Å². The number of benzene rings is 1. The molecule has 0 radical (unpaired) electrons. The van der Waals surface area contributed by atoms with E-state index in [0.29, 0.717) is 6.04 Å². The van der Waals surface area contributed by atoms with Gasteiger partial charge < -0.3 is 5.32 Å². The predicted molar refractivity (Wildman–Crippen MR) is 68.3 cm³/mol. The van der Waals surface area contributed by atoms with Crippen LogP contribution in [-0.4, -0.2) is 17.5 Å². The molecule has 2 rings (SSSR count). The van der Waals surface area contributed by atoms with Gasteiger partial charge in [0.15, 0.2) is 0 Å². The molecule has 1 heterocycles. The van der Waals surface area contributed by atoms with E-state index in [-0.39, 0.29) is 0 Å². The smallest absolute Gasteiger partial charge is 0.0440 e. The first-order valence-electron chi connectivity index (χ1n) is 5.81. The zero-order chi connectivity index (χ0) is 10.5. The van der Waals surface area contributed by atoms with Gasteiger partial charge in [-0.2, -0.15) is 11.8 Å². The van der Waals surface area contributed by atoms with Crippen LogP contribution < -0.4 is 5.32 Å². The molecule has 2 atom stereocenters. The lowest BCUT2D eigenvalue weighted by Crippen LogP contribution is -2.28. The van der Waals surface area contributed by atoms with Gasteiger partial charge in [-0.1, -0.05) is 37.3 Å². The molecule has 1 aliphatic heterocycles. The summed E-state index contributed by atoms with van der Waals surface area (Å²) in [6.07, 6.45) is 2.54. The first-order chi connectivity index (χ1) is 7.42. The summed E-state index contributed by atoms with van der Waals surface area (Å²) in [5.41, 5.74) is 1.44. The van der Waals surface area contributed by atoms with Gasteiger partial charge in [-0.25, -0.2) is 0 Å². The Labute approximate surface area is 96.7 Å². The van der Waals surface area contributed by atoms with Crippen molar-refractivity contribution in [2.75, 3.05) is 12.3 Å². The van der Waals surface area contributed by atoms with Crippen LogP contribution in [0.3, 0.4) is 0 Å². The Bertz CT molecular complexity index is 286. The maximum Gasteiger partial charge on any atom is 0.0440 e. The number of rotatable bonds is 2. The molecule has 1 saturated heterocycles. The van der Waals surface area contributed by atoms with Crippen molar-refractivity contribution in [2.45, 2.75) is 31.1 Å². The Morgan fingerprint density at radius 1 is 1.33 bits per heavy atom. The van der Waals surface area contributed by atoms with Crippen LogP contribution in [0.15, 0.2) is 30.3 Å². The molecule has 1 aromatic rings. The van der Waals surface area contributed by atoms with Crippen LogP contribution >= 0.6 is 11.8 Å². The highest BCUT2D eigenvalue weighted by Gasteiger charge is 2.23. The molecule has 0 aromatic heterocycles. The van der Waals surface area contributed by atoms with Crippen LogP contribution in [-0.2, 0) is 0 Å². The highest BCUT2D eigenvalue weighted by molar-refractivity contribution is 7.99. The van der Waals surface area contributed by atoms with Gasteiger partial charge >= 0.3 is 0 Å². The summed E-state index contributed by atoms with van der Waals surface area (Å²) in [5, 5.41) is 4.41. The molecular formula is C13H19NS. The SMILES string of the molecule is CCC1SCCCNC1c1ccccc1. The van der Waals surface area contributed by atoms with Gasteiger partial charge in [0, 0.05) is 11.3 Å². The number of hydrogen-bond donors (Lipinski definition) is 1. The Hall–Kier alpha value is -0.470. The Balaban J connectivity index is 2.16. The van der Waals surface area contributed by atoms with E-state index in [2.05, 4.69) is 54.3 Å². The molecule has 0 spiro atoms. The molecule has 0 amide bonds. The lowest BCUT2D eigenvalue weighted by molar-refractivity contribution is 0.517. The fourth-order valence-corrected chi connectivity index (χ4v) is 3.43. The van der Waals surface area contributed by atoms with E-state index >= 15 is 0 Å². The van der Waals surface area contributed by atoms with Crippen LogP contribution in [0.25, 0.3) is 0 Å². The van der Waals surface area contributed by atoms with Gasteiger partial charge in [0.25, 0.3) is 0 Å². The summed E-state index contributed by atoms with van der Waals surface area (Å²) in [5.74, 6) is 1.30. The zero-order valence-corrected chi connectivity index (χ0v) is 10.1. The zero-order valence-electron chi connectivity index (χ0n) is 9.28. The third-order valence-corrected chi connectivity index (χ3v) is 4.51. The first kappa shape index (κ1) is 11.0. The summed E-state index contributed by atoms with van der Waals surface area (Å²) < 4.78 is 0. The van der Waals surface area contributed by atoms with Gasteiger partial charge in [0.2, 0.25) is 0 Å². The Morgan fingerprint density at radius 2 is 2.13 bits per heavy atom. The number of thioether (sulfide) groups is 1. The van der Waals surface area contributed by atoms with Gasteiger partial charge in [0.05, 0.1) is 0 Å². The second-order valence-electron chi connectivity index (χ2n) is 4.01. The van der Waals surface area contributed by atoms with E-state index in [0.717, 1.165) is 11.8 Å². The normalized spacial score (nSPS) is 27.3. The summed E-state index contributed by atoms with van der Waals surface area (Å²) in [7, 11) is 0. The summed E-state index contributed by atoms with van der Waals surface area (Å²) in [6, 6.07) is 11.4. The molecule has 2 heteroatoms. The molecular weight excluding hydrogens is 202 g/mol. The predicted octanol–water partition coefficient (Wildman–Crippen LogP) is 3.23. The molecule has 82 valence electrons. The molecule has 0 saturated carbocycles. The summed E-state index contributed by atoms with van der Waals surface area (Å²) in [6.45, 7) is 3.45. The first-order valence-corrected chi connectivity index (χ1v) is 6.86. The lowest BCUT2D eigenvalue weighted by Gasteiger charge is -2.24. The minimum absolute atomic E-state index is 0.545. The average molecular weight is 221 g/mol. The van der Waals surface area contributed by atoms with Crippen molar-refractivity contribution in [1.29, 1.82) is 0 Å². The Morgan fingerprint density at radius 3 is 2.87 bits per heavy atom. The van der Waals surface area contributed by atoms with Gasteiger partial charge in [-0.3, -0.25) is 0 Å². The summed E-state index contributed by atoms with van der Waals surface area (Å²) >= 11 is 2.12. The van der Waals surface area contributed by atoms with Gasteiger partial charge in [-0.15, -0.1) is 0 Å². The van der Waals surface area contributed by atoms with E-state index < -0.39 is 0 Å². The van der Waals surface area contributed by atoms with Crippen molar-refractivity contribution in [2.24, 2.45) is 0 Å². The maximum atomic E-state index is 3.68. The van der Waals surface area contributed by atoms with Crippen molar-refractivity contribution < 1.29 is 0 Å². The van der Waals surface area contributed by atoms with Crippen LogP contribution in [0.1, 0.15) is 31.4 Å². The van der Waals surface area contributed by atoms with Crippen LogP contribution in [0.2, 0.25) is 0 Å². The standard InChI is InChI=1S/C13H19NS/c1-2-12-13(14-9-6-10-15-12)11-7-4-3-5-8-11/h3-5,7-8,12-14H,2,6,9-10H2,1H3. The second kappa shape index (κ2) is 5.57. The molecule has 0 bridgehead atoms.